The zero-order valence-electron chi connectivity index (χ0n) is 14.5. The van der Waals surface area contributed by atoms with Gasteiger partial charge in [0.2, 0.25) is 0 Å². The number of nitro benzene ring substituents is 1. The van der Waals surface area contributed by atoms with Crippen LogP contribution in [0.5, 0.6) is 5.75 Å². The molecular formula is C20H16N2O5. The maximum Gasteiger partial charge on any atom is 0.344 e. The van der Waals surface area contributed by atoms with E-state index in [0.717, 1.165) is 22.4 Å². The van der Waals surface area contributed by atoms with Crippen molar-refractivity contribution in [2.75, 3.05) is 7.11 Å². The minimum Gasteiger partial charge on any atom is -0.497 e. The molecule has 0 spiro atoms. The molecule has 2 atom stereocenters. The molecule has 2 aliphatic rings. The summed E-state index contributed by atoms with van der Waals surface area (Å²) < 4.78 is 5.19. The maximum absolute atomic E-state index is 12.2. The van der Waals surface area contributed by atoms with Crippen LogP contribution in [0, 0.1) is 16.0 Å². The summed E-state index contributed by atoms with van der Waals surface area (Å²) in [6.45, 7) is 0. The molecule has 0 saturated carbocycles. The lowest BCUT2D eigenvalue weighted by Crippen LogP contribution is -2.28. The summed E-state index contributed by atoms with van der Waals surface area (Å²) in [6.07, 6.45) is 2.41. The van der Waals surface area contributed by atoms with E-state index in [-0.39, 0.29) is 11.6 Å². The molecule has 0 radical (unpaired) electrons. The zero-order chi connectivity index (χ0) is 19.0. The molecular weight excluding hydrogens is 348 g/mol. The van der Waals surface area contributed by atoms with Crippen LogP contribution in [0.1, 0.15) is 23.5 Å². The Hall–Kier alpha value is -3.48. The van der Waals surface area contributed by atoms with E-state index in [1.54, 1.807) is 19.2 Å². The van der Waals surface area contributed by atoms with Crippen molar-refractivity contribution >= 4 is 22.9 Å². The van der Waals surface area contributed by atoms with Crippen LogP contribution in [0.15, 0.2) is 59.8 Å². The van der Waals surface area contributed by atoms with E-state index < -0.39 is 16.8 Å². The standard InChI is InChI=1S/C20H16N2O5/c1-26-16-7-5-12(6-8-16)14-10-17(19-18(11-14)21-27-20(19)23)13-3-2-4-15(9-13)22(24)25/h2-9,11,17,19H,10H2,1H3. The number of hydrogen-bond acceptors (Lipinski definition) is 6. The highest BCUT2D eigenvalue weighted by atomic mass is 16.7. The zero-order valence-corrected chi connectivity index (χ0v) is 14.5. The van der Waals surface area contributed by atoms with Crippen molar-refractivity contribution in [2.45, 2.75) is 12.3 Å². The second kappa shape index (κ2) is 6.68. The van der Waals surface area contributed by atoms with E-state index in [2.05, 4.69) is 5.16 Å². The number of rotatable bonds is 4. The number of nitrogens with zero attached hydrogens (tertiary/aromatic N) is 2. The van der Waals surface area contributed by atoms with Gasteiger partial charge in [0.05, 0.1) is 17.7 Å². The van der Waals surface area contributed by atoms with Gasteiger partial charge in [-0.15, -0.1) is 0 Å². The van der Waals surface area contributed by atoms with Crippen LogP contribution < -0.4 is 4.74 Å². The summed E-state index contributed by atoms with van der Waals surface area (Å²) in [6, 6.07) is 14.0. The number of carbonyl (C=O) groups excluding carboxylic acids is 1. The Labute approximate surface area is 155 Å². The van der Waals surface area contributed by atoms with E-state index in [9.17, 15) is 14.9 Å². The fourth-order valence-electron chi connectivity index (χ4n) is 3.60. The summed E-state index contributed by atoms with van der Waals surface area (Å²) in [5, 5.41) is 15.1. The maximum atomic E-state index is 12.2. The summed E-state index contributed by atoms with van der Waals surface area (Å²) in [5.41, 5.74) is 3.24. The largest absolute Gasteiger partial charge is 0.497 e. The van der Waals surface area contributed by atoms with Crippen LogP contribution >= 0.6 is 0 Å². The van der Waals surface area contributed by atoms with Gasteiger partial charge in [0.25, 0.3) is 5.69 Å². The number of benzene rings is 2. The van der Waals surface area contributed by atoms with Crippen molar-refractivity contribution in [3.05, 3.63) is 75.8 Å². The van der Waals surface area contributed by atoms with Crippen LogP contribution in [0.25, 0.3) is 5.57 Å². The molecule has 2 aromatic rings. The number of hydrogen-bond donors (Lipinski definition) is 0. The predicted molar refractivity (Wildman–Crippen MR) is 98.4 cm³/mol. The minimum absolute atomic E-state index is 0.00194. The van der Waals surface area contributed by atoms with Crippen LogP contribution in [0.2, 0.25) is 0 Å². The normalized spacial score (nSPS) is 21.0. The Morgan fingerprint density at radius 3 is 2.70 bits per heavy atom. The van der Waals surface area contributed by atoms with Gasteiger partial charge in [0.15, 0.2) is 0 Å². The molecule has 0 bridgehead atoms. The third-order valence-electron chi connectivity index (χ3n) is 4.95. The number of methoxy groups -OCH3 is 1. The Morgan fingerprint density at radius 1 is 1.22 bits per heavy atom. The number of allylic oxidation sites excluding steroid dienone is 2. The second-order valence-electron chi connectivity index (χ2n) is 6.46. The molecule has 0 aromatic heterocycles. The van der Waals surface area contributed by atoms with Gasteiger partial charge in [-0.3, -0.25) is 10.1 Å². The second-order valence-corrected chi connectivity index (χ2v) is 6.46. The highest BCUT2D eigenvalue weighted by Gasteiger charge is 2.42. The van der Waals surface area contributed by atoms with Gasteiger partial charge in [-0.2, -0.15) is 0 Å². The Bertz CT molecular complexity index is 978. The number of non-ortho nitro benzene ring substituents is 1. The van der Waals surface area contributed by atoms with E-state index in [1.807, 2.05) is 30.3 Å². The molecule has 7 heteroatoms. The highest BCUT2D eigenvalue weighted by Crippen LogP contribution is 2.43. The average molecular weight is 364 g/mol. The first kappa shape index (κ1) is 17.0. The van der Waals surface area contributed by atoms with Gasteiger partial charge in [-0.25, -0.2) is 4.79 Å². The van der Waals surface area contributed by atoms with Gasteiger partial charge in [-0.05, 0) is 41.3 Å². The van der Waals surface area contributed by atoms with Crippen LogP contribution in [0.3, 0.4) is 0 Å². The van der Waals surface area contributed by atoms with Crippen molar-refractivity contribution in [1.29, 1.82) is 0 Å². The van der Waals surface area contributed by atoms with E-state index in [1.165, 1.54) is 12.1 Å². The molecule has 4 rings (SSSR count). The molecule has 0 amide bonds. The summed E-state index contributed by atoms with van der Waals surface area (Å²) in [4.78, 5) is 27.8. The van der Waals surface area contributed by atoms with Crippen LogP contribution in [0.4, 0.5) is 5.69 Å². The molecule has 1 aliphatic heterocycles. The molecule has 1 heterocycles. The van der Waals surface area contributed by atoms with Crippen molar-refractivity contribution in [3.8, 4) is 5.75 Å². The van der Waals surface area contributed by atoms with Gasteiger partial charge >= 0.3 is 5.97 Å². The Balaban J connectivity index is 1.74. The molecule has 2 unspecified atom stereocenters. The first-order valence-electron chi connectivity index (χ1n) is 8.45. The fraction of sp³-hybridized carbons (Fsp3) is 0.200. The molecule has 27 heavy (non-hydrogen) atoms. The summed E-state index contributed by atoms with van der Waals surface area (Å²) in [7, 11) is 1.61. The van der Waals surface area contributed by atoms with Gasteiger partial charge in [0.1, 0.15) is 11.7 Å². The number of ether oxygens (including phenoxy) is 1. The van der Waals surface area contributed by atoms with Crippen molar-refractivity contribution in [2.24, 2.45) is 11.1 Å². The lowest BCUT2D eigenvalue weighted by molar-refractivity contribution is -0.384. The first-order valence-corrected chi connectivity index (χ1v) is 8.45. The fourth-order valence-corrected chi connectivity index (χ4v) is 3.60. The number of carbonyl (C=O) groups is 1. The van der Waals surface area contributed by atoms with E-state index in [0.29, 0.717) is 12.1 Å². The number of fused-ring (bicyclic) bond motifs is 1. The van der Waals surface area contributed by atoms with Crippen molar-refractivity contribution in [1.82, 2.24) is 0 Å². The highest BCUT2D eigenvalue weighted by molar-refractivity contribution is 6.15. The third-order valence-corrected chi connectivity index (χ3v) is 4.95. The van der Waals surface area contributed by atoms with Crippen molar-refractivity contribution < 1.29 is 19.3 Å². The monoisotopic (exact) mass is 364 g/mol. The van der Waals surface area contributed by atoms with Crippen LogP contribution in [-0.4, -0.2) is 23.7 Å². The van der Waals surface area contributed by atoms with Crippen LogP contribution in [-0.2, 0) is 9.63 Å². The Kier molecular flexibility index (Phi) is 4.19. The lowest BCUT2D eigenvalue weighted by Gasteiger charge is -2.27. The van der Waals surface area contributed by atoms with Crippen molar-refractivity contribution in [3.63, 3.8) is 0 Å². The first-order chi connectivity index (χ1) is 13.1. The Morgan fingerprint density at radius 2 is 2.00 bits per heavy atom. The predicted octanol–water partition coefficient (Wildman–Crippen LogP) is 3.70. The number of nitro groups is 1. The average Bonchev–Trinajstić information content (AvgIpc) is 3.08. The van der Waals surface area contributed by atoms with Gasteiger partial charge in [-0.1, -0.05) is 29.4 Å². The SMILES string of the molecule is COc1ccc(C2=CC3=NOC(=O)C3C(c3cccc([N+](=O)[O-])c3)C2)cc1. The number of oxime groups is 1. The molecule has 7 nitrogen and oxygen atoms in total. The summed E-state index contributed by atoms with van der Waals surface area (Å²) >= 11 is 0. The van der Waals surface area contributed by atoms with Gasteiger partial charge < -0.3 is 9.57 Å². The third kappa shape index (κ3) is 3.08. The molecule has 136 valence electrons. The summed E-state index contributed by atoms with van der Waals surface area (Å²) in [5.74, 6) is -0.499. The smallest absolute Gasteiger partial charge is 0.344 e. The lowest BCUT2D eigenvalue weighted by atomic mass is 9.73. The topological polar surface area (TPSA) is 91.0 Å². The molecule has 2 aromatic carbocycles. The van der Waals surface area contributed by atoms with Gasteiger partial charge in [0, 0.05) is 18.1 Å². The molecule has 0 fully saturated rings. The minimum atomic E-state index is -0.547. The van der Waals surface area contributed by atoms with E-state index in [4.69, 9.17) is 9.57 Å². The molecule has 0 saturated heterocycles. The molecule has 0 N–H and O–H groups in total. The van der Waals surface area contributed by atoms with E-state index >= 15 is 0 Å². The molecule has 1 aliphatic carbocycles. The quantitative estimate of drug-likeness (QED) is 0.469.